The molecule has 0 radical (unpaired) electrons. The molecule has 0 aromatic heterocycles. The smallest absolute Gasteiger partial charge is 0.125 e. The number of rotatable bonds is 5. The van der Waals surface area contributed by atoms with E-state index in [9.17, 15) is 0 Å². The second kappa shape index (κ2) is 6.71. The highest BCUT2D eigenvalue weighted by Crippen LogP contribution is 2.26. The van der Waals surface area contributed by atoms with Crippen LogP contribution in [0, 0.1) is 20.8 Å². The molecular formula is C17H21NOS. The van der Waals surface area contributed by atoms with E-state index in [1.165, 1.54) is 21.6 Å². The van der Waals surface area contributed by atoms with E-state index < -0.39 is 0 Å². The lowest BCUT2D eigenvalue weighted by Gasteiger charge is -2.13. The number of aryl methyl sites for hydroxylation is 2. The Morgan fingerprint density at radius 1 is 0.950 bits per heavy atom. The van der Waals surface area contributed by atoms with Crippen molar-refractivity contribution < 1.29 is 4.74 Å². The number of anilines is 1. The molecule has 106 valence electrons. The molecule has 2 aromatic rings. The monoisotopic (exact) mass is 287 g/mol. The highest BCUT2D eigenvalue weighted by molar-refractivity contribution is 7.99. The largest absolute Gasteiger partial charge is 0.492 e. The predicted octanol–water partition coefficient (Wildman–Crippen LogP) is 4.37. The van der Waals surface area contributed by atoms with Gasteiger partial charge in [0.2, 0.25) is 0 Å². The zero-order valence-corrected chi connectivity index (χ0v) is 13.1. The molecule has 2 nitrogen and oxygen atoms in total. The van der Waals surface area contributed by atoms with Gasteiger partial charge in [0.05, 0.1) is 6.61 Å². The Hall–Kier alpha value is -1.61. The fourth-order valence-electron chi connectivity index (χ4n) is 2.01. The number of hydrogen-bond acceptors (Lipinski definition) is 3. The molecule has 0 fully saturated rings. The lowest BCUT2D eigenvalue weighted by Crippen LogP contribution is -2.03. The van der Waals surface area contributed by atoms with Crippen molar-refractivity contribution >= 4 is 17.4 Å². The quantitative estimate of drug-likeness (QED) is 0.504. The van der Waals surface area contributed by atoms with Gasteiger partial charge in [0, 0.05) is 16.3 Å². The molecule has 2 aromatic carbocycles. The number of ether oxygens (including phenoxy) is 1. The summed E-state index contributed by atoms with van der Waals surface area (Å²) < 4.78 is 5.95. The maximum absolute atomic E-state index is 5.95. The Bertz CT molecular complexity index is 578. The van der Waals surface area contributed by atoms with Crippen LogP contribution in [0.5, 0.6) is 5.75 Å². The van der Waals surface area contributed by atoms with E-state index in [0.29, 0.717) is 6.61 Å². The average Bonchev–Trinajstić information content (AvgIpc) is 2.44. The molecule has 2 N–H and O–H groups in total. The van der Waals surface area contributed by atoms with Crippen molar-refractivity contribution in [1.82, 2.24) is 0 Å². The van der Waals surface area contributed by atoms with Crippen molar-refractivity contribution in [2.45, 2.75) is 25.7 Å². The summed E-state index contributed by atoms with van der Waals surface area (Å²) in [4.78, 5) is 1.22. The van der Waals surface area contributed by atoms with E-state index in [0.717, 1.165) is 17.2 Å². The maximum Gasteiger partial charge on any atom is 0.125 e. The van der Waals surface area contributed by atoms with Gasteiger partial charge < -0.3 is 10.5 Å². The fourth-order valence-corrected chi connectivity index (χ4v) is 2.75. The van der Waals surface area contributed by atoms with Gasteiger partial charge in [-0.15, -0.1) is 11.8 Å². The highest BCUT2D eigenvalue weighted by atomic mass is 32.2. The number of nitrogen functional groups attached to an aromatic ring is 1. The molecule has 0 saturated carbocycles. The van der Waals surface area contributed by atoms with Crippen LogP contribution in [0.25, 0.3) is 0 Å². The second-order valence-corrected chi connectivity index (χ2v) is 6.09. The summed E-state index contributed by atoms with van der Waals surface area (Å²) >= 11 is 1.78. The van der Waals surface area contributed by atoms with Crippen molar-refractivity contribution in [3.05, 3.63) is 53.1 Å². The molecule has 0 unspecified atom stereocenters. The first-order valence-electron chi connectivity index (χ1n) is 6.76. The molecule has 0 saturated heterocycles. The van der Waals surface area contributed by atoms with Gasteiger partial charge in [-0.3, -0.25) is 0 Å². The average molecular weight is 287 g/mol. The summed E-state index contributed by atoms with van der Waals surface area (Å²) in [5, 5.41) is 0. The van der Waals surface area contributed by atoms with Crippen molar-refractivity contribution in [1.29, 1.82) is 0 Å². The SMILES string of the molecule is Cc1ccc(C)c(OCCSc2ccc(N)cc2)c1C. The zero-order valence-electron chi connectivity index (χ0n) is 12.3. The molecule has 20 heavy (non-hydrogen) atoms. The molecule has 0 bridgehead atoms. The van der Waals surface area contributed by atoms with Crippen molar-refractivity contribution in [2.24, 2.45) is 0 Å². The van der Waals surface area contributed by atoms with Crippen molar-refractivity contribution in [2.75, 3.05) is 18.1 Å². The molecule has 0 spiro atoms. The van der Waals surface area contributed by atoms with Gasteiger partial charge in [0.1, 0.15) is 5.75 Å². The zero-order chi connectivity index (χ0) is 14.5. The Morgan fingerprint density at radius 3 is 2.30 bits per heavy atom. The molecular weight excluding hydrogens is 266 g/mol. The summed E-state index contributed by atoms with van der Waals surface area (Å²) in [7, 11) is 0. The van der Waals surface area contributed by atoms with Crippen LogP contribution in [0.1, 0.15) is 16.7 Å². The van der Waals surface area contributed by atoms with Crippen LogP contribution in [0.2, 0.25) is 0 Å². The third kappa shape index (κ3) is 3.70. The number of thioether (sulfide) groups is 1. The minimum absolute atomic E-state index is 0.709. The van der Waals surface area contributed by atoms with E-state index in [-0.39, 0.29) is 0 Å². The van der Waals surface area contributed by atoms with Gasteiger partial charge in [0.15, 0.2) is 0 Å². The van der Waals surface area contributed by atoms with Crippen LogP contribution in [-0.2, 0) is 0 Å². The molecule has 0 aliphatic rings. The van der Waals surface area contributed by atoms with E-state index in [4.69, 9.17) is 10.5 Å². The first-order valence-corrected chi connectivity index (χ1v) is 7.74. The lowest BCUT2D eigenvalue weighted by atomic mass is 10.1. The summed E-state index contributed by atoms with van der Waals surface area (Å²) in [5.74, 6) is 1.96. The summed E-state index contributed by atoms with van der Waals surface area (Å²) in [5.41, 5.74) is 10.2. The maximum atomic E-state index is 5.95. The minimum Gasteiger partial charge on any atom is -0.492 e. The topological polar surface area (TPSA) is 35.2 Å². The van der Waals surface area contributed by atoms with Crippen LogP contribution < -0.4 is 10.5 Å². The molecule has 0 aliphatic carbocycles. The summed E-state index contributed by atoms with van der Waals surface area (Å²) in [6.45, 7) is 7.03. The second-order valence-electron chi connectivity index (χ2n) is 4.92. The van der Waals surface area contributed by atoms with E-state index in [2.05, 4.69) is 32.9 Å². The Morgan fingerprint density at radius 2 is 1.60 bits per heavy atom. The first-order chi connectivity index (χ1) is 9.58. The summed E-state index contributed by atoms with van der Waals surface area (Å²) in [6, 6.07) is 12.2. The standard InChI is InChI=1S/C17H21NOS/c1-12-4-5-13(2)17(14(12)3)19-10-11-20-16-8-6-15(18)7-9-16/h4-9H,10-11,18H2,1-3H3. The molecule has 0 heterocycles. The Labute approximate surface area is 125 Å². The van der Waals surface area contributed by atoms with E-state index >= 15 is 0 Å². The highest BCUT2D eigenvalue weighted by Gasteiger charge is 2.06. The van der Waals surface area contributed by atoms with E-state index in [1.54, 1.807) is 11.8 Å². The van der Waals surface area contributed by atoms with Gasteiger partial charge >= 0.3 is 0 Å². The third-order valence-electron chi connectivity index (χ3n) is 3.35. The molecule has 3 heteroatoms. The van der Waals surface area contributed by atoms with Crippen LogP contribution in [0.15, 0.2) is 41.3 Å². The van der Waals surface area contributed by atoms with Crippen LogP contribution in [-0.4, -0.2) is 12.4 Å². The minimum atomic E-state index is 0.709. The fraction of sp³-hybridized carbons (Fsp3) is 0.294. The Kier molecular flexibility index (Phi) is 4.96. The van der Waals surface area contributed by atoms with Crippen LogP contribution in [0.3, 0.4) is 0 Å². The van der Waals surface area contributed by atoms with Gasteiger partial charge in [-0.2, -0.15) is 0 Å². The first kappa shape index (κ1) is 14.8. The van der Waals surface area contributed by atoms with Gasteiger partial charge in [0.25, 0.3) is 0 Å². The number of nitrogens with two attached hydrogens (primary N) is 1. The van der Waals surface area contributed by atoms with Crippen molar-refractivity contribution in [3.8, 4) is 5.75 Å². The molecule has 0 amide bonds. The van der Waals surface area contributed by atoms with Crippen LogP contribution in [0.4, 0.5) is 5.69 Å². The normalized spacial score (nSPS) is 10.6. The predicted molar refractivity (Wildman–Crippen MR) is 87.7 cm³/mol. The molecule has 2 rings (SSSR count). The Balaban J connectivity index is 1.87. The number of benzene rings is 2. The van der Waals surface area contributed by atoms with Crippen LogP contribution >= 0.6 is 11.8 Å². The van der Waals surface area contributed by atoms with E-state index in [1.807, 2.05) is 24.3 Å². The lowest BCUT2D eigenvalue weighted by molar-refractivity contribution is 0.339. The summed E-state index contributed by atoms with van der Waals surface area (Å²) in [6.07, 6.45) is 0. The molecule has 0 aliphatic heterocycles. The third-order valence-corrected chi connectivity index (χ3v) is 4.33. The van der Waals surface area contributed by atoms with Gasteiger partial charge in [-0.05, 0) is 61.7 Å². The van der Waals surface area contributed by atoms with Crippen molar-refractivity contribution in [3.63, 3.8) is 0 Å². The van der Waals surface area contributed by atoms with Gasteiger partial charge in [-0.25, -0.2) is 0 Å². The van der Waals surface area contributed by atoms with Gasteiger partial charge in [-0.1, -0.05) is 12.1 Å². The molecule has 0 atom stereocenters. The number of hydrogen-bond donors (Lipinski definition) is 1.